The molecule has 20 heavy (non-hydrogen) atoms. The molecule has 0 radical (unpaired) electrons. The normalized spacial score (nSPS) is 12.2. The lowest BCUT2D eigenvalue weighted by molar-refractivity contribution is 0.382. The first-order chi connectivity index (χ1) is 9.58. The highest BCUT2D eigenvalue weighted by Gasteiger charge is 2.22. The number of nitrogens with one attached hydrogen (secondary N) is 1. The van der Waals surface area contributed by atoms with E-state index in [9.17, 15) is 4.39 Å². The number of rotatable bonds is 4. The summed E-state index contributed by atoms with van der Waals surface area (Å²) < 4.78 is 21.1. The molecule has 0 fully saturated rings. The van der Waals surface area contributed by atoms with Crippen LogP contribution < -0.4 is 10.1 Å². The van der Waals surface area contributed by atoms with Crippen LogP contribution in [0.3, 0.4) is 0 Å². The van der Waals surface area contributed by atoms with Gasteiger partial charge in [0.1, 0.15) is 0 Å². The van der Waals surface area contributed by atoms with Crippen LogP contribution in [0.1, 0.15) is 17.3 Å². The highest BCUT2D eigenvalue weighted by molar-refractivity contribution is 9.11. The zero-order valence-electron chi connectivity index (χ0n) is 11.0. The molecule has 0 saturated heterocycles. The van der Waals surface area contributed by atoms with Gasteiger partial charge in [0.2, 0.25) is 0 Å². The first-order valence-electron chi connectivity index (χ1n) is 5.89. The summed E-state index contributed by atoms with van der Waals surface area (Å²) in [5.74, 6) is -0.165. The van der Waals surface area contributed by atoms with Gasteiger partial charge in [-0.3, -0.25) is 4.98 Å². The fraction of sp³-hybridized carbons (Fsp3) is 0.214. The molecule has 0 saturated carbocycles. The lowest BCUT2D eigenvalue weighted by Gasteiger charge is -2.19. The highest BCUT2D eigenvalue weighted by Crippen LogP contribution is 2.32. The maximum absolute atomic E-state index is 14.4. The van der Waals surface area contributed by atoms with Crippen molar-refractivity contribution in [3.05, 3.63) is 56.5 Å². The van der Waals surface area contributed by atoms with Crippen LogP contribution in [-0.4, -0.2) is 19.1 Å². The van der Waals surface area contributed by atoms with E-state index in [2.05, 4.69) is 42.2 Å². The van der Waals surface area contributed by atoms with Crippen molar-refractivity contribution in [2.24, 2.45) is 0 Å². The predicted molar refractivity (Wildman–Crippen MR) is 83.5 cm³/mol. The Kier molecular flexibility index (Phi) is 5.12. The second-order valence-electron chi connectivity index (χ2n) is 4.11. The fourth-order valence-corrected chi connectivity index (χ4v) is 3.20. The molecule has 0 amide bonds. The minimum atomic E-state index is -0.383. The number of benzene rings is 1. The number of halogens is 3. The van der Waals surface area contributed by atoms with Gasteiger partial charge in [0.25, 0.3) is 0 Å². The van der Waals surface area contributed by atoms with Crippen molar-refractivity contribution < 1.29 is 9.13 Å². The Hall–Kier alpha value is -0.980. The third-order valence-electron chi connectivity index (χ3n) is 2.92. The molecular formula is C14H13Br2FN2O. The minimum absolute atomic E-state index is 0.219. The van der Waals surface area contributed by atoms with Crippen LogP contribution in [-0.2, 0) is 0 Å². The van der Waals surface area contributed by atoms with E-state index in [-0.39, 0.29) is 17.6 Å². The van der Waals surface area contributed by atoms with Crippen molar-refractivity contribution in [1.82, 2.24) is 10.3 Å². The standard InChI is InChI=1S/C14H13Br2FN2O/c1-18-13(14-10(16)6-8(15)7-19-14)9-4-3-5-11(20-2)12(9)17/h3-7,13,18H,1-2H3. The van der Waals surface area contributed by atoms with Gasteiger partial charge in [-0.25, -0.2) is 4.39 Å². The van der Waals surface area contributed by atoms with Crippen LogP contribution in [0, 0.1) is 5.82 Å². The molecule has 2 aromatic rings. The van der Waals surface area contributed by atoms with Gasteiger partial charge in [0.05, 0.1) is 18.8 Å². The van der Waals surface area contributed by atoms with Crippen molar-refractivity contribution in [3.63, 3.8) is 0 Å². The van der Waals surface area contributed by atoms with Crippen LogP contribution in [0.4, 0.5) is 4.39 Å². The van der Waals surface area contributed by atoms with E-state index < -0.39 is 0 Å². The molecule has 1 N–H and O–H groups in total. The SMILES string of the molecule is CNC(c1cccc(OC)c1F)c1ncc(Br)cc1Br. The summed E-state index contributed by atoms with van der Waals surface area (Å²) in [6.07, 6.45) is 1.68. The summed E-state index contributed by atoms with van der Waals surface area (Å²) >= 11 is 6.81. The molecule has 1 heterocycles. The molecule has 3 nitrogen and oxygen atoms in total. The second-order valence-corrected chi connectivity index (χ2v) is 5.88. The Morgan fingerprint density at radius 2 is 2.10 bits per heavy atom. The molecule has 0 aliphatic heterocycles. The van der Waals surface area contributed by atoms with Gasteiger partial charge >= 0.3 is 0 Å². The molecule has 0 aliphatic carbocycles. The third kappa shape index (κ3) is 3.02. The van der Waals surface area contributed by atoms with Crippen molar-refractivity contribution in [3.8, 4) is 5.75 Å². The number of hydrogen-bond donors (Lipinski definition) is 1. The number of nitrogens with zero attached hydrogens (tertiary/aromatic N) is 1. The number of methoxy groups -OCH3 is 1. The molecule has 106 valence electrons. The summed E-state index contributed by atoms with van der Waals surface area (Å²) in [5.41, 5.74) is 1.20. The molecule has 2 rings (SSSR count). The van der Waals surface area contributed by atoms with Gasteiger partial charge in [-0.15, -0.1) is 0 Å². The van der Waals surface area contributed by atoms with Gasteiger partial charge in [0, 0.05) is 20.7 Å². The average Bonchev–Trinajstić information content (AvgIpc) is 2.43. The van der Waals surface area contributed by atoms with Crippen LogP contribution >= 0.6 is 31.9 Å². The largest absolute Gasteiger partial charge is 0.494 e. The first kappa shape index (κ1) is 15.4. The van der Waals surface area contributed by atoms with E-state index in [0.29, 0.717) is 11.3 Å². The zero-order valence-corrected chi connectivity index (χ0v) is 14.1. The Labute approximate surface area is 133 Å². The first-order valence-corrected chi connectivity index (χ1v) is 7.47. The Bertz CT molecular complexity index is 622. The monoisotopic (exact) mass is 402 g/mol. The smallest absolute Gasteiger partial charge is 0.170 e. The average molecular weight is 404 g/mol. The van der Waals surface area contributed by atoms with E-state index >= 15 is 0 Å². The lowest BCUT2D eigenvalue weighted by Crippen LogP contribution is -2.21. The van der Waals surface area contributed by atoms with Gasteiger partial charge in [-0.2, -0.15) is 0 Å². The lowest BCUT2D eigenvalue weighted by atomic mass is 10.0. The Balaban J connectivity index is 2.52. The van der Waals surface area contributed by atoms with Gasteiger partial charge in [-0.1, -0.05) is 12.1 Å². The maximum atomic E-state index is 14.4. The fourth-order valence-electron chi connectivity index (χ4n) is 1.99. The summed E-state index contributed by atoms with van der Waals surface area (Å²) in [6, 6.07) is 6.58. The van der Waals surface area contributed by atoms with Gasteiger partial charge in [0.15, 0.2) is 11.6 Å². The van der Waals surface area contributed by atoms with Crippen molar-refractivity contribution in [1.29, 1.82) is 0 Å². The number of aromatic nitrogens is 1. The third-order valence-corrected chi connectivity index (χ3v) is 3.99. The summed E-state index contributed by atoms with van der Waals surface area (Å²) in [4.78, 5) is 4.36. The quantitative estimate of drug-likeness (QED) is 0.835. The highest BCUT2D eigenvalue weighted by atomic mass is 79.9. The number of ether oxygens (including phenoxy) is 1. The van der Waals surface area contributed by atoms with Crippen molar-refractivity contribution in [2.45, 2.75) is 6.04 Å². The second kappa shape index (κ2) is 6.65. The van der Waals surface area contributed by atoms with Crippen LogP contribution in [0.25, 0.3) is 0 Å². The zero-order chi connectivity index (χ0) is 14.7. The molecule has 0 spiro atoms. The maximum Gasteiger partial charge on any atom is 0.170 e. The topological polar surface area (TPSA) is 34.1 Å². The number of hydrogen-bond acceptors (Lipinski definition) is 3. The predicted octanol–water partition coefficient (Wildman–Crippen LogP) is 4.06. The van der Waals surface area contributed by atoms with Crippen LogP contribution in [0.15, 0.2) is 39.4 Å². The van der Waals surface area contributed by atoms with E-state index in [4.69, 9.17) is 4.74 Å². The summed E-state index contributed by atoms with van der Waals surface area (Å²) in [6.45, 7) is 0. The molecule has 0 aliphatic rings. The molecule has 1 aromatic heterocycles. The van der Waals surface area contributed by atoms with Crippen LogP contribution in [0.5, 0.6) is 5.75 Å². The van der Waals surface area contributed by atoms with E-state index in [1.807, 2.05) is 6.07 Å². The van der Waals surface area contributed by atoms with E-state index in [1.54, 1.807) is 31.4 Å². The van der Waals surface area contributed by atoms with E-state index in [1.165, 1.54) is 7.11 Å². The molecule has 1 unspecified atom stereocenters. The molecule has 0 bridgehead atoms. The molecule has 6 heteroatoms. The summed E-state index contributed by atoms with van der Waals surface area (Å²) in [5, 5.41) is 3.08. The minimum Gasteiger partial charge on any atom is -0.494 e. The molecule has 1 atom stereocenters. The number of pyridine rings is 1. The summed E-state index contributed by atoms with van der Waals surface area (Å²) in [7, 11) is 3.21. The van der Waals surface area contributed by atoms with Crippen molar-refractivity contribution >= 4 is 31.9 Å². The molecule has 1 aromatic carbocycles. The Morgan fingerprint density at radius 3 is 2.70 bits per heavy atom. The van der Waals surface area contributed by atoms with Crippen molar-refractivity contribution in [2.75, 3.05) is 14.2 Å². The molecular weight excluding hydrogens is 391 g/mol. The Morgan fingerprint density at radius 1 is 1.35 bits per heavy atom. The van der Waals surface area contributed by atoms with Gasteiger partial charge < -0.3 is 10.1 Å². The van der Waals surface area contributed by atoms with Crippen LogP contribution in [0.2, 0.25) is 0 Å². The van der Waals surface area contributed by atoms with Gasteiger partial charge in [-0.05, 0) is 51.0 Å². The van der Waals surface area contributed by atoms with E-state index in [0.717, 1.165) is 8.95 Å².